The SMILES string of the molecule is CC1(C)CN(C(=O)/C=C/c2ccc(SC(F)(F)F)cc2)CCO1. The fourth-order valence-electron chi connectivity index (χ4n) is 2.26. The molecule has 1 aliphatic rings. The van der Waals surface area contributed by atoms with Crippen molar-refractivity contribution in [2.45, 2.75) is 29.9 Å². The number of amides is 1. The number of morpholine rings is 1. The summed E-state index contributed by atoms with van der Waals surface area (Å²) in [6.45, 7) is 5.39. The van der Waals surface area contributed by atoms with Crippen LogP contribution >= 0.6 is 11.8 Å². The predicted octanol–water partition coefficient (Wildman–Crippen LogP) is 3.95. The molecular formula is C16H18F3NO2S. The number of rotatable bonds is 3. The second-order valence-corrected chi connectivity index (χ2v) is 6.96. The number of halogens is 3. The molecule has 7 heteroatoms. The Labute approximate surface area is 137 Å². The summed E-state index contributed by atoms with van der Waals surface area (Å²) in [7, 11) is 0. The lowest BCUT2D eigenvalue weighted by Crippen LogP contribution is -2.50. The maximum Gasteiger partial charge on any atom is 0.446 e. The molecule has 0 N–H and O–H groups in total. The Morgan fingerprint density at radius 1 is 1.30 bits per heavy atom. The standard InChI is InChI=1S/C16H18F3NO2S/c1-15(2)11-20(9-10-22-15)14(21)8-5-12-3-6-13(7-4-12)23-16(17,18)19/h3-8H,9-11H2,1-2H3/b8-5+. The Kier molecular flexibility index (Phi) is 5.41. The van der Waals surface area contributed by atoms with E-state index in [0.717, 1.165) is 0 Å². The van der Waals surface area contributed by atoms with Gasteiger partial charge in [0.1, 0.15) is 0 Å². The second kappa shape index (κ2) is 6.97. The van der Waals surface area contributed by atoms with Crippen molar-refractivity contribution in [1.29, 1.82) is 0 Å². The fourth-order valence-corrected chi connectivity index (χ4v) is 2.80. The Bertz CT molecular complexity index is 582. The van der Waals surface area contributed by atoms with Crippen LogP contribution in [0.4, 0.5) is 13.2 Å². The highest BCUT2D eigenvalue weighted by atomic mass is 32.2. The van der Waals surface area contributed by atoms with Gasteiger partial charge in [-0.2, -0.15) is 13.2 Å². The van der Waals surface area contributed by atoms with E-state index in [-0.39, 0.29) is 28.2 Å². The molecule has 1 aliphatic heterocycles. The average molecular weight is 345 g/mol. The Morgan fingerprint density at radius 3 is 2.52 bits per heavy atom. The van der Waals surface area contributed by atoms with Crippen molar-refractivity contribution >= 4 is 23.7 Å². The highest BCUT2D eigenvalue weighted by Gasteiger charge is 2.29. The van der Waals surface area contributed by atoms with Crippen LogP contribution < -0.4 is 0 Å². The van der Waals surface area contributed by atoms with Crippen LogP contribution in [0, 0.1) is 0 Å². The number of hydrogen-bond donors (Lipinski definition) is 0. The summed E-state index contributed by atoms with van der Waals surface area (Å²) in [6.07, 6.45) is 3.04. The minimum absolute atomic E-state index is 0.121. The first kappa shape index (κ1) is 17.9. The van der Waals surface area contributed by atoms with Crippen LogP contribution in [-0.4, -0.2) is 41.6 Å². The van der Waals surface area contributed by atoms with Gasteiger partial charge in [-0.15, -0.1) is 0 Å². The van der Waals surface area contributed by atoms with Gasteiger partial charge in [0.05, 0.1) is 12.2 Å². The second-order valence-electron chi connectivity index (χ2n) is 5.82. The third kappa shape index (κ3) is 5.91. The maximum atomic E-state index is 12.3. The molecule has 0 radical (unpaired) electrons. The van der Waals surface area contributed by atoms with Crippen LogP contribution in [0.2, 0.25) is 0 Å². The molecule has 0 spiro atoms. The van der Waals surface area contributed by atoms with E-state index < -0.39 is 5.51 Å². The summed E-state index contributed by atoms with van der Waals surface area (Å²) in [5, 5.41) is 0. The number of ether oxygens (including phenoxy) is 1. The first-order valence-electron chi connectivity index (χ1n) is 7.11. The molecule has 1 aromatic rings. The van der Waals surface area contributed by atoms with Gasteiger partial charge in [-0.3, -0.25) is 4.79 Å². The number of hydrogen-bond acceptors (Lipinski definition) is 3. The van der Waals surface area contributed by atoms with Crippen LogP contribution in [0.25, 0.3) is 6.08 Å². The average Bonchev–Trinajstić information content (AvgIpc) is 2.43. The molecule has 23 heavy (non-hydrogen) atoms. The van der Waals surface area contributed by atoms with Crippen LogP contribution in [0.1, 0.15) is 19.4 Å². The largest absolute Gasteiger partial charge is 0.446 e. The van der Waals surface area contributed by atoms with Gasteiger partial charge in [0.2, 0.25) is 5.91 Å². The van der Waals surface area contributed by atoms with Crippen molar-refractivity contribution in [3.63, 3.8) is 0 Å². The summed E-state index contributed by atoms with van der Waals surface area (Å²) in [4.78, 5) is 14.0. The molecule has 2 rings (SSSR count). The van der Waals surface area contributed by atoms with Crippen molar-refractivity contribution < 1.29 is 22.7 Å². The summed E-state index contributed by atoms with van der Waals surface area (Å²) in [5.74, 6) is -0.130. The molecule has 1 fully saturated rings. The van der Waals surface area contributed by atoms with E-state index in [1.807, 2.05) is 13.8 Å². The smallest absolute Gasteiger partial charge is 0.372 e. The van der Waals surface area contributed by atoms with E-state index >= 15 is 0 Å². The van der Waals surface area contributed by atoms with Gasteiger partial charge in [-0.1, -0.05) is 12.1 Å². The van der Waals surface area contributed by atoms with Gasteiger partial charge < -0.3 is 9.64 Å². The Morgan fingerprint density at radius 2 is 1.96 bits per heavy atom. The fraction of sp³-hybridized carbons (Fsp3) is 0.438. The van der Waals surface area contributed by atoms with E-state index in [9.17, 15) is 18.0 Å². The quantitative estimate of drug-likeness (QED) is 0.614. The third-order valence-corrected chi connectivity index (χ3v) is 4.01. The molecule has 0 unspecified atom stereocenters. The molecule has 0 saturated carbocycles. The van der Waals surface area contributed by atoms with Gasteiger partial charge in [-0.25, -0.2) is 0 Å². The highest BCUT2D eigenvalue weighted by molar-refractivity contribution is 8.00. The molecule has 0 atom stereocenters. The molecule has 1 heterocycles. The highest BCUT2D eigenvalue weighted by Crippen LogP contribution is 2.36. The number of thioether (sulfide) groups is 1. The zero-order chi connectivity index (χ0) is 17.1. The molecule has 1 amide bonds. The van der Waals surface area contributed by atoms with Gasteiger partial charge in [0, 0.05) is 24.1 Å². The first-order valence-corrected chi connectivity index (χ1v) is 7.93. The summed E-state index contributed by atoms with van der Waals surface area (Å²) in [5.41, 5.74) is -3.98. The Hall–Kier alpha value is -1.47. The van der Waals surface area contributed by atoms with E-state index in [4.69, 9.17) is 4.74 Å². The molecule has 0 bridgehead atoms. The number of carbonyl (C=O) groups excluding carboxylic acids is 1. The van der Waals surface area contributed by atoms with Gasteiger partial charge in [0.15, 0.2) is 0 Å². The molecule has 1 aromatic carbocycles. The zero-order valence-corrected chi connectivity index (χ0v) is 13.7. The first-order chi connectivity index (χ1) is 10.6. The molecular weight excluding hydrogens is 327 g/mol. The zero-order valence-electron chi connectivity index (χ0n) is 12.9. The number of nitrogens with zero attached hydrogens (tertiary/aromatic N) is 1. The number of alkyl halides is 3. The van der Waals surface area contributed by atoms with Crippen LogP contribution in [0.5, 0.6) is 0 Å². The molecule has 0 aromatic heterocycles. The normalized spacial score (nSPS) is 18.4. The Balaban J connectivity index is 1.96. The van der Waals surface area contributed by atoms with Crippen LogP contribution in [0.15, 0.2) is 35.2 Å². The summed E-state index contributed by atoms with van der Waals surface area (Å²) < 4.78 is 42.3. The maximum absolute atomic E-state index is 12.3. The molecule has 1 saturated heterocycles. The van der Waals surface area contributed by atoms with E-state index in [2.05, 4.69) is 0 Å². The number of carbonyl (C=O) groups is 1. The van der Waals surface area contributed by atoms with Gasteiger partial charge in [0.25, 0.3) is 0 Å². The summed E-state index contributed by atoms with van der Waals surface area (Å²) in [6, 6.07) is 5.89. The molecule has 126 valence electrons. The molecule has 0 aliphatic carbocycles. The van der Waals surface area contributed by atoms with Crippen molar-refractivity contribution in [2.75, 3.05) is 19.7 Å². The van der Waals surface area contributed by atoms with Gasteiger partial charge >= 0.3 is 5.51 Å². The van der Waals surface area contributed by atoms with Crippen LogP contribution in [0.3, 0.4) is 0 Å². The lowest BCUT2D eigenvalue weighted by molar-refractivity contribution is -0.140. The predicted molar refractivity (Wildman–Crippen MR) is 84.0 cm³/mol. The van der Waals surface area contributed by atoms with Crippen molar-refractivity contribution in [3.05, 3.63) is 35.9 Å². The summed E-state index contributed by atoms with van der Waals surface area (Å²) >= 11 is -0.157. The minimum Gasteiger partial charge on any atom is -0.372 e. The van der Waals surface area contributed by atoms with Crippen LogP contribution in [-0.2, 0) is 9.53 Å². The lowest BCUT2D eigenvalue weighted by Gasteiger charge is -2.37. The van der Waals surface area contributed by atoms with Crippen molar-refractivity contribution in [1.82, 2.24) is 4.90 Å². The minimum atomic E-state index is -4.30. The number of benzene rings is 1. The van der Waals surface area contributed by atoms with Crippen molar-refractivity contribution in [3.8, 4) is 0 Å². The molecule has 3 nitrogen and oxygen atoms in total. The van der Waals surface area contributed by atoms with Crippen molar-refractivity contribution in [2.24, 2.45) is 0 Å². The van der Waals surface area contributed by atoms with Gasteiger partial charge in [-0.05, 0) is 49.4 Å². The lowest BCUT2D eigenvalue weighted by atomic mass is 10.1. The van der Waals surface area contributed by atoms with E-state index in [1.165, 1.54) is 18.2 Å². The van der Waals surface area contributed by atoms with E-state index in [0.29, 0.717) is 25.3 Å². The topological polar surface area (TPSA) is 29.5 Å². The third-order valence-electron chi connectivity index (χ3n) is 3.27. The van der Waals surface area contributed by atoms with E-state index in [1.54, 1.807) is 23.1 Å². The monoisotopic (exact) mass is 345 g/mol.